The molecule has 0 spiro atoms. The predicted octanol–water partition coefficient (Wildman–Crippen LogP) is 2.62. The summed E-state index contributed by atoms with van der Waals surface area (Å²) >= 11 is 0. The van der Waals surface area contributed by atoms with E-state index in [0.29, 0.717) is 12.2 Å². The number of hydrogen-bond acceptors (Lipinski definition) is 4. The van der Waals surface area contributed by atoms with Gasteiger partial charge in [0.1, 0.15) is 0 Å². The molecular weight excluding hydrogens is 284 g/mol. The molecule has 21 heavy (non-hydrogen) atoms. The Morgan fingerprint density at radius 1 is 1.14 bits per heavy atom. The minimum Gasteiger partial charge on any atom is -0.397 e. The van der Waals surface area contributed by atoms with E-state index in [-0.39, 0.29) is 4.90 Å². The molecule has 0 heterocycles. The number of nitrogen functional groups attached to an aromatic ring is 1. The lowest BCUT2D eigenvalue weighted by Gasteiger charge is -2.22. The summed E-state index contributed by atoms with van der Waals surface area (Å²) in [5.41, 5.74) is 9.68. The Labute approximate surface area is 126 Å². The molecule has 0 aliphatic rings. The Bertz CT molecular complexity index is 755. The molecule has 2 aromatic carbocycles. The van der Waals surface area contributed by atoms with Gasteiger partial charge in [-0.15, -0.1) is 0 Å². The van der Waals surface area contributed by atoms with Crippen LogP contribution in [0.4, 0.5) is 11.4 Å². The van der Waals surface area contributed by atoms with E-state index in [9.17, 15) is 8.42 Å². The molecule has 0 bridgehead atoms. The molecule has 0 radical (unpaired) electrons. The van der Waals surface area contributed by atoms with Crippen LogP contribution in [-0.4, -0.2) is 21.7 Å². The van der Waals surface area contributed by atoms with E-state index in [2.05, 4.69) is 25.1 Å². The first-order chi connectivity index (χ1) is 9.77. The summed E-state index contributed by atoms with van der Waals surface area (Å²) in [7, 11) is -1.29. The summed E-state index contributed by atoms with van der Waals surface area (Å²) in [4.78, 5) is 2.25. The maximum Gasteiger partial charge on any atom is 0.175 e. The third kappa shape index (κ3) is 3.76. The highest BCUT2D eigenvalue weighted by Gasteiger charge is 2.12. The van der Waals surface area contributed by atoms with Crippen molar-refractivity contribution in [1.82, 2.24) is 0 Å². The van der Waals surface area contributed by atoms with Crippen molar-refractivity contribution in [2.75, 3.05) is 23.9 Å². The van der Waals surface area contributed by atoms with Crippen LogP contribution in [0.1, 0.15) is 11.1 Å². The lowest BCUT2D eigenvalue weighted by Crippen LogP contribution is -2.18. The van der Waals surface area contributed by atoms with Crippen LogP contribution in [0.5, 0.6) is 0 Å². The van der Waals surface area contributed by atoms with Crippen molar-refractivity contribution in [3.05, 3.63) is 53.6 Å². The second kappa shape index (κ2) is 5.77. The summed E-state index contributed by atoms with van der Waals surface area (Å²) in [5.74, 6) is 0. The topological polar surface area (TPSA) is 63.4 Å². The Balaban J connectivity index is 2.26. The predicted molar refractivity (Wildman–Crippen MR) is 87.3 cm³/mol. The molecule has 112 valence electrons. The highest BCUT2D eigenvalue weighted by Crippen LogP contribution is 2.26. The van der Waals surface area contributed by atoms with E-state index in [0.717, 1.165) is 5.69 Å². The average molecular weight is 304 g/mol. The van der Waals surface area contributed by atoms with Crippen LogP contribution in [0.2, 0.25) is 0 Å². The zero-order valence-corrected chi connectivity index (χ0v) is 13.3. The summed E-state index contributed by atoms with van der Waals surface area (Å²) in [6, 6.07) is 13.1. The van der Waals surface area contributed by atoms with Crippen molar-refractivity contribution in [1.29, 1.82) is 0 Å². The minimum atomic E-state index is -3.23. The van der Waals surface area contributed by atoms with Crippen LogP contribution in [0.3, 0.4) is 0 Å². The lowest BCUT2D eigenvalue weighted by molar-refractivity contribution is 0.602. The van der Waals surface area contributed by atoms with Gasteiger partial charge in [-0.1, -0.05) is 29.8 Å². The van der Waals surface area contributed by atoms with Crippen molar-refractivity contribution in [3.63, 3.8) is 0 Å². The highest BCUT2D eigenvalue weighted by atomic mass is 32.2. The van der Waals surface area contributed by atoms with Crippen molar-refractivity contribution >= 4 is 21.2 Å². The lowest BCUT2D eigenvalue weighted by atomic mass is 10.1. The fourth-order valence-electron chi connectivity index (χ4n) is 2.28. The van der Waals surface area contributed by atoms with Gasteiger partial charge < -0.3 is 10.6 Å². The number of benzene rings is 2. The summed E-state index contributed by atoms with van der Waals surface area (Å²) < 4.78 is 23.1. The molecule has 0 amide bonds. The molecule has 0 aliphatic carbocycles. The van der Waals surface area contributed by atoms with Gasteiger partial charge in [-0.2, -0.15) is 0 Å². The molecule has 0 fully saturated rings. The molecule has 2 rings (SSSR count). The largest absolute Gasteiger partial charge is 0.397 e. The summed E-state index contributed by atoms with van der Waals surface area (Å²) in [6.45, 7) is 2.77. The van der Waals surface area contributed by atoms with Crippen LogP contribution >= 0.6 is 0 Å². The minimum absolute atomic E-state index is 0.243. The number of sulfone groups is 1. The number of nitrogens with two attached hydrogens (primary N) is 1. The third-order valence-corrected chi connectivity index (χ3v) is 4.45. The van der Waals surface area contributed by atoms with Crippen molar-refractivity contribution < 1.29 is 8.42 Å². The molecule has 0 atom stereocenters. The number of rotatable bonds is 4. The second-order valence-corrected chi connectivity index (χ2v) is 7.35. The quantitative estimate of drug-likeness (QED) is 0.882. The van der Waals surface area contributed by atoms with Crippen LogP contribution in [-0.2, 0) is 16.4 Å². The normalized spacial score (nSPS) is 11.4. The first-order valence-electron chi connectivity index (χ1n) is 6.63. The maximum atomic E-state index is 11.5. The maximum absolute atomic E-state index is 11.5. The molecule has 0 aliphatic heterocycles. The fourth-order valence-corrected chi connectivity index (χ4v) is 2.94. The zero-order chi connectivity index (χ0) is 15.6. The van der Waals surface area contributed by atoms with Gasteiger partial charge >= 0.3 is 0 Å². The van der Waals surface area contributed by atoms with Gasteiger partial charge in [-0.05, 0) is 30.7 Å². The fraction of sp³-hybridized carbons (Fsp3) is 0.250. The summed E-state index contributed by atoms with van der Waals surface area (Å²) in [5, 5.41) is 0. The first kappa shape index (κ1) is 15.4. The van der Waals surface area contributed by atoms with E-state index >= 15 is 0 Å². The molecule has 0 unspecified atom stereocenters. The Hall–Kier alpha value is -2.01. The van der Waals surface area contributed by atoms with Gasteiger partial charge in [0.25, 0.3) is 0 Å². The number of nitrogens with zero attached hydrogens (tertiary/aromatic N) is 1. The molecule has 5 heteroatoms. The monoisotopic (exact) mass is 304 g/mol. The van der Waals surface area contributed by atoms with Crippen molar-refractivity contribution in [3.8, 4) is 0 Å². The van der Waals surface area contributed by atoms with Gasteiger partial charge in [-0.25, -0.2) is 8.42 Å². The van der Waals surface area contributed by atoms with E-state index in [1.54, 1.807) is 12.1 Å². The average Bonchev–Trinajstić information content (AvgIpc) is 2.37. The first-order valence-corrected chi connectivity index (χ1v) is 8.53. The summed E-state index contributed by atoms with van der Waals surface area (Å²) in [6.07, 6.45) is 1.18. The number of aryl methyl sites for hydroxylation is 1. The van der Waals surface area contributed by atoms with E-state index in [4.69, 9.17) is 5.73 Å². The van der Waals surface area contributed by atoms with Gasteiger partial charge in [0, 0.05) is 19.8 Å². The zero-order valence-electron chi connectivity index (χ0n) is 12.5. The molecular formula is C16H20N2O2S. The number of anilines is 2. The molecule has 2 N–H and O–H groups in total. The van der Waals surface area contributed by atoms with Crippen LogP contribution < -0.4 is 10.6 Å². The van der Waals surface area contributed by atoms with E-state index < -0.39 is 9.84 Å². The van der Waals surface area contributed by atoms with Crippen LogP contribution in [0.25, 0.3) is 0 Å². The van der Waals surface area contributed by atoms with Crippen LogP contribution in [0, 0.1) is 6.92 Å². The number of hydrogen-bond donors (Lipinski definition) is 1. The molecule has 0 saturated heterocycles. The van der Waals surface area contributed by atoms with E-state index in [1.807, 2.05) is 18.0 Å². The van der Waals surface area contributed by atoms with Crippen molar-refractivity contribution in [2.24, 2.45) is 0 Å². The van der Waals surface area contributed by atoms with E-state index in [1.165, 1.54) is 23.4 Å². The molecule has 0 aromatic heterocycles. The molecule has 4 nitrogen and oxygen atoms in total. The van der Waals surface area contributed by atoms with Gasteiger partial charge in [-0.3, -0.25) is 0 Å². The molecule has 0 saturated carbocycles. The Kier molecular flexibility index (Phi) is 4.23. The second-order valence-electron chi connectivity index (χ2n) is 5.34. The SMILES string of the molecule is Cc1cccc(CN(C)c2ccc(S(C)(=O)=O)cc2N)c1. The van der Waals surface area contributed by atoms with Gasteiger partial charge in [0.05, 0.1) is 16.3 Å². The Morgan fingerprint density at radius 3 is 2.43 bits per heavy atom. The van der Waals surface area contributed by atoms with Gasteiger partial charge in [0.15, 0.2) is 9.84 Å². The Morgan fingerprint density at radius 2 is 1.86 bits per heavy atom. The van der Waals surface area contributed by atoms with Crippen LogP contribution in [0.15, 0.2) is 47.4 Å². The third-order valence-electron chi connectivity index (χ3n) is 3.34. The van der Waals surface area contributed by atoms with Gasteiger partial charge in [0.2, 0.25) is 0 Å². The van der Waals surface area contributed by atoms with Crippen molar-refractivity contribution in [2.45, 2.75) is 18.4 Å². The standard InChI is InChI=1S/C16H20N2O2S/c1-12-5-4-6-13(9-12)11-18(2)16-8-7-14(10-15(16)17)21(3,19)20/h4-10H,11,17H2,1-3H3. The molecule has 2 aromatic rings. The highest BCUT2D eigenvalue weighted by molar-refractivity contribution is 7.90. The smallest absolute Gasteiger partial charge is 0.175 e.